The first-order valence-electron chi connectivity index (χ1n) is 8.40. The lowest BCUT2D eigenvalue weighted by atomic mass is 10.2. The van der Waals surface area contributed by atoms with Crippen LogP contribution in [-0.4, -0.2) is 40.7 Å². The van der Waals surface area contributed by atoms with Gasteiger partial charge in [0.15, 0.2) is 11.5 Å². The molecule has 1 unspecified atom stereocenters. The van der Waals surface area contributed by atoms with E-state index in [1.807, 2.05) is 13.8 Å². The van der Waals surface area contributed by atoms with Crippen LogP contribution in [0.2, 0.25) is 0 Å². The normalized spacial score (nSPS) is 12.3. The average molecular weight is 358 g/mol. The molecule has 1 atom stereocenters. The predicted molar refractivity (Wildman–Crippen MR) is 98.9 cm³/mol. The number of aromatic nitrogens is 3. The maximum absolute atomic E-state index is 12.7. The topological polar surface area (TPSA) is 98.2 Å². The molecule has 2 N–H and O–H groups in total. The van der Waals surface area contributed by atoms with Gasteiger partial charge in [-0.1, -0.05) is 6.92 Å². The first-order chi connectivity index (χ1) is 12.5. The van der Waals surface area contributed by atoms with Gasteiger partial charge in [0.1, 0.15) is 17.6 Å². The van der Waals surface area contributed by atoms with Crippen molar-refractivity contribution in [1.82, 2.24) is 19.9 Å². The smallest absolute Gasteiger partial charge is 0.278 e. The van der Waals surface area contributed by atoms with Crippen molar-refractivity contribution < 1.29 is 14.3 Å². The number of hydrogen-bond acceptors (Lipinski definition) is 5. The average Bonchev–Trinajstić information content (AvgIpc) is 3.00. The van der Waals surface area contributed by atoms with Gasteiger partial charge in [0, 0.05) is 17.5 Å². The highest BCUT2D eigenvalue weighted by atomic mass is 16.5. The van der Waals surface area contributed by atoms with Crippen LogP contribution in [0, 0.1) is 0 Å². The number of ether oxygens (including phenoxy) is 2. The fourth-order valence-corrected chi connectivity index (χ4v) is 2.81. The Kier molecular flexibility index (Phi) is 4.83. The van der Waals surface area contributed by atoms with Crippen LogP contribution < -0.4 is 20.3 Å². The molecule has 0 bridgehead atoms. The van der Waals surface area contributed by atoms with Crippen LogP contribution in [0.5, 0.6) is 11.5 Å². The minimum absolute atomic E-state index is 0.0582. The summed E-state index contributed by atoms with van der Waals surface area (Å²) in [5, 5.41) is 3.60. The number of carbonyl (C=O) groups excluding carboxylic acids is 1. The summed E-state index contributed by atoms with van der Waals surface area (Å²) in [5.74, 6) is 0.890. The largest absolute Gasteiger partial charge is 0.493 e. The van der Waals surface area contributed by atoms with E-state index in [1.165, 1.54) is 10.9 Å². The van der Waals surface area contributed by atoms with Crippen molar-refractivity contribution in [1.29, 1.82) is 0 Å². The fourth-order valence-electron chi connectivity index (χ4n) is 2.81. The Hall–Kier alpha value is -3.03. The van der Waals surface area contributed by atoms with Crippen LogP contribution in [0.4, 0.5) is 0 Å². The van der Waals surface area contributed by atoms with E-state index in [0.717, 1.165) is 11.8 Å². The van der Waals surface area contributed by atoms with Crippen molar-refractivity contribution in [2.24, 2.45) is 0 Å². The number of nitrogens with zero attached hydrogens (tertiary/aromatic N) is 2. The fraction of sp³-hybridized carbons (Fsp3) is 0.389. The second-order valence-corrected chi connectivity index (χ2v) is 6.16. The van der Waals surface area contributed by atoms with Gasteiger partial charge in [-0.15, -0.1) is 0 Å². The Morgan fingerprint density at radius 3 is 2.65 bits per heavy atom. The number of hydrogen-bond donors (Lipinski definition) is 2. The van der Waals surface area contributed by atoms with Gasteiger partial charge in [-0.05, 0) is 19.4 Å². The summed E-state index contributed by atoms with van der Waals surface area (Å²) in [7, 11) is 3.10. The number of carbonyl (C=O) groups is 1. The number of aromatic amines is 1. The van der Waals surface area contributed by atoms with Crippen LogP contribution >= 0.6 is 0 Å². The monoisotopic (exact) mass is 358 g/mol. The third kappa shape index (κ3) is 3.10. The molecule has 3 aromatic rings. The lowest BCUT2D eigenvalue weighted by molar-refractivity contribution is -0.122. The van der Waals surface area contributed by atoms with Gasteiger partial charge in [0.25, 0.3) is 5.56 Å². The Morgan fingerprint density at radius 2 is 2.00 bits per heavy atom. The number of nitrogens with one attached hydrogen (secondary N) is 2. The van der Waals surface area contributed by atoms with E-state index < -0.39 is 0 Å². The molecule has 1 amide bonds. The van der Waals surface area contributed by atoms with Crippen molar-refractivity contribution in [3.8, 4) is 11.5 Å². The molecule has 138 valence electrons. The molecule has 0 radical (unpaired) electrons. The highest BCUT2D eigenvalue weighted by Gasteiger charge is 2.16. The summed E-state index contributed by atoms with van der Waals surface area (Å²) in [5.41, 5.74) is 1.28. The maximum atomic E-state index is 12.7. The van der Waals surface area contributed by atoms with Crippen LogP contribution in [0.1, 0.15) is 20.3 Å². The van der Waals surface area contributed by atoms with Gasteiger partial charge in [0.05, 0.1) is 26.1 Å². The van der Waals surface area contributed by atoms with Crippen LogP contribution in [0.3, 0.4) is 0 Å². The highest BCUT2D eigenvalue weighted by Crippen LogP contribution is 2.34. The van der Waals surface area contributed by atoms with Crippen molar-refractivity contribution in [2.45, 2.75) is 32.9 Å². The molecule has 0 saturated carbocycles. The minimum atomic E-state index is -0.302. The summed E-state index contributed by atoms with van der Waals surface area (Å²) >= 11 is 0. The summed E-state index contributed by atoms with van der Waals surface area (Å²) in [6.07, 6.45) is 2.22. The van der Waals surface area contributed by atoms with Gasteiger partial charge < -0.3 is 19.8 Å². The first-order valence-corrected chi connectivity index (χ1v) is 8.40. The van der Waals surface area contributed by atoms with Gasteiger partial charge in [-0.3, -0.25) is 14.2 Å². The molecule has 0 saturated heterocycles. The molecule has 2 heterocycles. The van der Waals surface area contributed by atoms with E-state index in [2.05, 4.69) is 15.3 Å². The number of fused-ring (bicyclic) bond motifs is 3. The maximum Gasteiger partial charge on any atom is 0.278 e. The second kappa shape index (κ2) is 7.07. The third-order valence-electron chi connectivity index (χ3n) is 4.41. The summed E-state index contributed by atoms with van der Waals surface area (Å²) in [6, 6.07) is 3.59. The molecule has 26 heavy (non-hydrogen) atoms. The number of H-pyrrole nitrogens is 1. The molecule has 2 aromatic heterocycles. The quantitative estimate of drug-likeness (QED) is 0.700. The van der Waals surface area contributed by atoms with E-state index in [4.69, 9.17) is 9.47 Å². The van der Waals surface area contributed by atoms with E-state index in [1.54, 1.807) is 26.4 Å². The van der Waals surface area contributed by atoms with Crippen LogP contribution in [0.15, 0.2) is 23.3 Å². The van der Waals surface area contributed by atoms with E-state index in [-0.39, 0.29) is 24.1 Å². The summed E-state index contributed by atoms with van der Waals surface area (Å²) in [6.45, 7) is 3.83. The molecule has 8 nitrogen and oxygen atoms in total. The van der Waals surface area contributed by atoms with Gasteiger partial charge in [-0.2, -0.15) is 0 Å². The van der Waals surface area contributed by atoms with Crippen molar-refractivity contribution >= 4 is 27.8 Å². The molecular weight excluding hydrogens is 336 g/mol. The van der Waals surface area contributed by atoms with E-state index >= 15 is 0 Å². The van der Waals surface area contributed by atoms with Crippen molar-refractivity contribution in [3.05, 3.63) is 28.8 Å². The summed E-state index contributed by atoms with van der Waals surface area (Å²) in [4.78, 5) is 32.3. The third-order valence-corrected chi connectivity index (χ3v) is 4.41. The summed E-state index contributed by atoms with van der Waals surface area (Å²) < 4.78 is 11.9. The predicted octanol–water partition coefficient (Wildman–Crippen LogP) is 1.81. The molecule has 0 aliphatic heterocycles. The van der Waals surface area contributed by atoms with Gasteiger partial charge in [-0.25, -0.2) is 4.98 Å². The number of methoxy groups -OCH3 is 2. The lowest BCUT2D eigenvalue weighted by Gasteiger charge is -2.12. The Morgan fingerprint density at radius 1 is 1.31 bits per heavy atom. The number of rotatable bonds is 6. The number of amides is 1. The van der Waals surface area contributed by atoms with E-state index in [0.29, 0.717) is 28.0 Å². The second-order valence-electron chi connectivity index (χ2n) is 6.16. The number of benzene rings is 1. The standard InChI is InChI=1S/C18H22N4O4/c1-5-10(2)20-15(23)8-22-9-19-16-11-6-13(25-3)14(26-4)7-12(11)21-17(16)18(22)24/h6-7,9-10,21H,5,8H2,1-4H3,(H,20,23). The molecular formula is C18H22N4O4. The Bertz CT molecular complexity index is 1020. The molecule has 1 aromatic carbocycles. The lowest BCUT2D eigenvalue weighted by Crippen LogP contribution is -2.37. The Labute approximate surface area is 150 Å². The first kappa shape index (κ1) is 17.8. The zero-order chi connectivity index (χ0) is 18.8. The van der Waals surface area contributed by atoms with Crippen LogP contribution in [-0.2, 0) is 11.3 Å². The SMILES string of the molecule is CCC(C)NC(=O)Cn1cnc2c([nH]c3cc(OC)c(OC)cc32)c1=O. The van der Waals surface area contributed by atoms with Gasteiger partial charge in [0.2, 0.25) is 5.91 Å². The molecule has 0 spiro atoms. The molecule has 8 heteroatoms. The highest BCUT2D eigenvalue weighted by molar-refractivity contribution is 6.05. The van der Waals surface area contributed by atoms with Crippen LogP contribution in [0.25, 0.3) is 21.9 Å². The zero-order valence-corrected chi connectivity index (χ0v) is 15.3. The van der Waals surface area contributed by atoms with Gasteiger partial charge >= 0.3 is 0 Å². The zero-order valence-electron chi connectivity index (χ0n) is 15.3. The molecule has 0 aliphatic rings. The van der Waals surface area contributed by atoms with Crippen molar-refractivity contribution in [2.75, 3.05) is 14.2 Å². The minimum Gasteiger partial charge on any atom is -0.493 e. The molecule has 3 rings (SSSR count). The van der Waals surface area contributed by atoms with Crippen molar-refractivity contribution in [3.63, 3.8) is 0 Å². The molecule has 0 fully saturated rings. The van der Waals surface area contributed by atoms with E-state index in [9.17, 15) is 9.59 Å². The Balaban J connectivity index is 2.05. The molecule has 0 aliphatic carbocycles.